The molecule has 2 saturated heterocycles. The van der Waals surface area contributed by atoms with Crippen LogP contribution in [-0.2, 0) is 30.3 Å². The molecule has 10 heteroatoms. The highest BCUT2D eigenvalue weighted by molar-refractivity contribution is 7.98. The van der Waals surface area contributed by atoms with Gasteiger partial charge in [0.05, 0.1) is 12.6 Å². The van der Waals surface area contributed by atoms with Gasteiger partial charge in [0.1, 0.15) is 17.7 Å². The molecule has 4 atom stereocenters. The van der Waals surface area contributed by atoms with E-state index in [-0.39, 0.29) is 24.7 Å². The molecule has 2 aliphatic rings. The van der Waals surface area contributed by atoms with Crippen molar-refractivity contribution in [3.63, 3.8) is 0 Å². The zero-order valence-electron chi connectivity index (χ0n) is 19.4. The Balaban J connectivity index is 1.74. The molecular weight excluding hydrogens is 458 g/mol. The number of amides is 2. The van der Waals surface area contributed by atoms with Crippen molar-refractivity contribution < 1.29 is 29.0 Å². The van der Waals surface area contributed by atoms with E-state index in [0.717, 1.165) is 12.0 Å². The average molecular weight is 492 g/mol. The summed E-state index contributed by atoms with van der Waals surface area (Å²) in [7, 11) is 0. The van der Waals surface area contributed by atoms with Gasteiger partial charge in [-0.1, -0.05) is 30.3 Å². The second-order valence-electron chi connectivity index (χ2n) is 8.81. The standard InChI is InChI=1S/C24H33N3O6S/c1-34-13-10-18(23(31)32)27-22(30)19(14-16-6-3-2-4-7-16)33-15-24(11-5-12-25-24)21(29)17-8-9-20(28)26-17/h2-4,6-7,17-19,25H,5,8-15H2,1H3,(H,26,28)(H,27,30)(H,31,32)/t17-,18-,19?,24-/m0/s1. The highest BCUT2D eigenvalue weighted by Crippen LogP contribution is 2.26. The Morgan fingerprint density at radius 2 is 2.06 bits per heavy atom. The number of hydrogen-bond acceptors (Lipinski definition) is 7. The Kier molecular flexibility index (Phi) is 9.49. The molecule has 0 bridgehead atoms. The van der Waals surface area contributed by atoms with E-state index in [1.54, 1.807) is 0 Å². The smallest absolute Gasteiger partial charge is 0.326 e. The van der Waals surface area contributed by atoms with Gasteiger partial charge in [-0.25, -0.2) is 4.79 Å². The molecule has 34 heavy (non-hydrogen) atoms. The lowest BCUT2D eigenvalue weighted by atomic mass is 9.87. The highest BCUT2D eigenvalue weighted by atomic mass is 32.2. The number of carboxylic acid groups (broad SMARTS) is 1. The summed E-state index contributed by atoms with van der Waals surface area (Å²) in [5.74, 6) is -1.29. The van der Waals surface area contributed by atoms with Crippen LogP contribution in [0.4, 0.5) is 0 Å². The molecule has 0 aromatic heterocycles. The van der Waals surface area contributed by atoms with Crippen molar-refractivity contribution in [1.82, 2.24) is 16.0 Å². The van der Waals surface area contributed by atoms with Crippen LogP contribution in [0, 0.1) is 0 Å². The van der Waals surface area contributed by atoms with Gasteiger partial charge in [-0.05, 0) is 49.8 Å². The number of carboxylic acids is 1. The van der Waals surface area contributed by atoms with Gasteiger partial charge < -0.3 is 25.8 Å². The van der Waals surface area contributed by atoms with E-state index in [1.165, 1.54) is 11.8 Å². The number of rotatable bonds is 13. The molecule has 2 fully saturated rings. The van der Waals surface area contributed by atoms with Gasteiger partial charge in [-0.3, -0.25) is 14.4 Å². The third-order valence-corrected chi connectivity index (χ3v) is 6.98. The molecular formula is C24H33N3O6S. The molecule has 0 saturated carbocycles. The number of carbonyl (C=O) groups is 4. The third kappa shape index (κ3) is 6.80. The van der Waals surface area contributed by atoms with Crippen molar-refractivity contribution in [3.05, 3.63) is 35.9 Å². The summed E-state index contributed by atoms with van der Waals surface area (Å²) < 4.78 is 6.08. The normalized spacial score (nSPS) is 23.8. The molecule has 2 aliphatic heterocycles. The first-order valence-corrected chi connectivity index (χ1v) is 13.0. The predicted octanol–water partition coefficient (Wildman–Crippen LogP) is 0.907. The Hall–Kier alpha value is -2.43. The van der Waals surface area contributed by atoms with Gasteiger partial charge in [0.25, 0.3) is 0 Å². The number of hydrogen-bond donors (Lipinski definition) is 4. The molecule has 186 valence electrons. The molecule has 0 radical (unpaired) electrons. The molecule has 9 nitrogen and oxygen atoms in total. The summed E-state index contributed by atoms with van der Waals surface area (Å²) in [6.45, 7) is 0.604. The fourth-order valence-electron chi connectivity index (χ4n) is 4.41. The molecule has 0 spiro atoms. The van der Waals surface area contributed by atoms with Crippen molar-refractivity contribution >= 4 is 35.3 Å². The largest absolute Gasteiger partial charge is 0.480 e. The molecule has 1 unspecified atom stereocenters. The minimum Gasteiger partial charge on any atom is -0.480 e. The van der Waals surface area contributed by atoms with Gasteiger partial charge in [0.2, 0.25) is 11.8 Å². The van der Waals surface area contributed by atoms with E-state index < -0.39 is 35.6 Å². The van der Waals surface area contributed by atoms with Crippen LogP contribution in [0.15, 0.2) is 30.3 Å². The van der Waals surface area contributed by atoms with Crippen LogP contribution < -0.4 is 16.0 Å². The minimum absolute atomic E-state index is 0.0360. The third-order valence-electron chi connectivity index (χ3n) is 6.34. The Labute approximate surface area is 203 Å². The van der Waals surface area contributed by atoms with Gasteiger partial charge in [0, 0.05) is 12.8 Å². The van der Waals surface area contributed by atoms with Gasteiger partial charge in [0.15, 0.2) is 5.78 Å². The molecule has 1 aromatic carbocycles. The van der Waals surface area contributed by atoms with Crippen molar-refractivity contribution in [3.8, 4) is 0 Å². The first kappa shape index (κ1) is 26.2. The number of ether oxygens (including phenoxy) is 1. The SMILES string of the molecule is CSCC[C@H](NC(=O)C(Cc1ccccc1)OC[C@]1(C(=O)[C@@H]2CCC(=O)N2)CCCN1)C(=O)O. The van der Waals surface area contributed by atoms with Crippen molar-refractivity contribution in [2.24, 2.45) is 0 Å². The molecule has 1 aromatic rings. The zero-order valence-corrected chi connectivity index (χ0v) is 20.2. The van der Waals surface area contributed by atoms with Crippen LogP contribution in [-0.4, -0.2) is 77.6 Å². The average Bonchev–Trinajstić information content (AvgIpc) is 3.49. The Morgan fingerprint density at radius 1 is 1.29 bits per heavy atom. The highest BCUT2D eigenvalue weighted by Gasteiger charge is 2.46. The van der Waals surface area contributed by atoms with Crippen LogP contribution in [0.25, 0.3) is 0 Å². The lowest BCUT2D eigenvalue weighted by Crippen LogP contribution is -2.58. The number of nitrogens with one attached hydrogen (secondary N) is 3. The monoisotopic (exact) mass is 491 g/mol. The maximum Gasteiger partial charge on any atom is 0.326 e. The summed E-state index contributed by atoms with van der Waals surface area (Å²) in [4.78, 5) is 49.7. The molecule has 3 rings (SSSR count). The van der Waals surface area contributed by atoms with E-state index in [0.29, 0.717) is 38.0 Å². The Bertz CT molecular complexity index is 875. The van der Waals surface area contributed by atoms with E-state index >= 15 is 0 Å². The van der Waals surface area contributed by atoms with Crippen LogP contribution in [0.5, 0.6) is 0 Å². The second kappa shape index (κ2) is 12.3. The molecule has 2 heterocycles. The fourth-order valence-corrected chi connectivity index (χ4v) is 4.88. The number of Topliss-reactive ketones (excluding diaryl/α,β-unsaturated/α-hetero) is 1. The molecule has 4 N–H and O–H groups in total. The summed E-state index contributed by atoms with van der Waals surface area (Å²) >= 11 is 1.51. The van der Waals surface area contributed by atoms with E-state index in [4.69, 9.17) is 4.74 Å². The van der Waals surface area contributed by atoms with E-state index in [1.807, 2.05) is 36.6 Å². The Morgan fingerprint density at radius 3 is 2.65 bits per heavy atom. The number of benzene rings is 1. The minimum atomic E-state index is -1.10. The van der Waals surface area contributed by atoms with E-state index in [9.17, 15) is 24.3 Å². The second-order valence-corrected chi connectivity index (χ2v) is 9.79. The summed E-state index contributed by atoms with van der Waals surface area (Å²) in [6, 6.07) is 7.74. The van der Waals surface area contributed by atoms with Crippen molar-refractivity contribution in [2.45, 2.75) is 62.3 Å². The number of carbonyl (C=O) groups excluding carboxylic acids is 3. The number of aliphatic carboxylic acids is 1. The molecule has 0 aliphatic carbocycles. The van der Waals surface area contributed by atoms with Crippen molar-refractivity contribution in [1.29, 1.82) is 0 Å². The topological polar surface area (TPSA) is 134 Å². The predicted molar refractivity (Wildman–Crippen MR) is 129 cm³/mol. The fraction of sp³-hybridized carbons (Fsp3) is 0.583. The van der Waals surface area contributed by atoms with Crippen LogP contribution in [0.2, 0.25) is 0 Å². The first-order valence-electron chi connectivity index (χ1n) is 11.6. The quantitative estimate of drug-likeness (QED) is 0.320. The summed E-state index contributed by atoms with van der Waals surface area (Å²) in [6.07, 6.45) is 3.54. The van der Waals surface area contributed by atoms with Crippen LogP contribution in [0.3, 0.4) is 0 Å². The zero-order chi connectivity index (χ0) is 24.6. The van der Waals surface area contributed by atoms with Crippen molar-refractivity contribution in [2.75, 3.05) is 25.2 Å². The van der Waals surface area contributed by atoms with E-state index in [2.05, 4.69) is 16.0 Å². The summed E-state index contributed by atoms with van der Waals surface area (Å²) in [5.41, 5.74) is -0.121. The number of thioether (sulfide) groups is 1. The van der Waals surface area contributed by atoms with Crippen LogP contribution >= 0.6 is 11.8 Å². The lowest BCUT2D eigenvalue weighted by molar-refractivity contribution is -0.145. The maximum absolute atomic E-state index is 13.3. The first-order chi connectivity index (χ1) is 16.3. The maximum atomic E-state index is 13.3. The lowest BCUT2D eigenvalue weighted by Gasteiger charge is -2.32. The number of ketones is 1. The van der Waals surface area contributed by atoms with Crippen LogP contribution in [0.1, 0.15) is 37.7 Å². The molecule has 2 amide bonds. The summed E-state index contributed by atoms with van der Waals surface area (Å²) in [5, 5.41) is 18.1. The van der Waals surface area contributed by atoms with Gasteiger partial charge in [-0.2, -0.15) is 11.8 Å². The van der Waals surface area contributed by atoms with Gasteiger partial charge in [-0.15, -0.1) is 0 Å². The van der Waals surface area contributed by atoms with Gasteiger partial charge >= 0.3 is 5.97 Å².